The molecule has 1 aromatic heterocycles. The molecule has 36 heavy (non-hydrogen) atoms. The summed E-state index contributed by atoms with van der Waals surface area (Å²) in [6.07, 6.45) is 3.87. The van der Waals surface area contributed by atoms with Crippen molar-refractivity contribution in [2.75, 3.05) is 16.8 Å². The molecule has 0 unspecified atom stereocenters. The van der Waals surface area contributed by atoms with E-state index in [1.165, 1.54) is 22.6 Å². The lowest BCUT2D eigenvalue weighted by atomic mass is 9.86. The Balaban J connectivity index is 1.70. The number of hydrogen-bond donors (Lipinski definition) is 2. The molecule has 0 bridgehead atoms. The molecule has 0 saturated heterocycles. The van der Waals surface area contributed by atoms with Gasteiger partial charge >= 0.3 is 5.97 Å². The smallest absolute Gasteiger partial charge is 0.358 e. The lowest BCUT2D eigenvalue weighted by molar-refractivity contribution is -0.127. The molecule has 1 fully saturated rings. The second kappa shape index (κ2) is 10.1. The predicted molar refractivity (Wildman–Crippen MR) is 134 cm³/mol. The van der Waals surface area contributed by atoms with Crippen molar-refractivity contribution in [2.24, 2.45) is 5.92 Å². The highest BCUT2D eigenvalue weighted by atomic mass is 16.5. The fraction of sp³-hybridized carbons (Fsp3) is 0.500. The first kappa shape index (κ1) is 25.4. The Hall–Kier alpha value is -3.69. The Bertz CT molecular complexity index is 1170. The molecule has 1 aliphatic heterocycles. The van der Waals surface area contributed by atoms with Gasteiger partial charge in [-0.3, -0.25) is 24.0 Å². The summed E-state index contributed by atoms with van der Waals surface area (Å²) >= 11 is 0. The van der Waals surface area contributed by atoms with E-state index < -0.39 is 17.4 Å². The third kappa shape index (κ3) is 4.98. The molecule has 0 spiro atoms. The van der Waals surface area contributed by atoms with Crippen LogP contribution in [0, 0.1) is 5.92 Å². The van der Waals surface area contributed by atoms with Gasteiger partial charge in [0.1, 0.15) is 11.2 Å². The van der Waals surface area contributed by atoms with Crippen molar-refractivity contribution < 1.29 is 23.9 Å². The SMILES string of the molecule is CCOC(=O)c1cc2n(n1)C[C@@](C)(C(=O)NC1CCC(C)CC1)N(c1ccc(NC(C)=O)cc1)C2=O. The summed E-state index contributed by atoms with van der Waals surface area (Å²) in [5.74, 6) is -0.928. The van der Waals surface area contributed by atoms with Gasteiger partial charge in [0.05, 0.1) is 13.2 Å². The van der Waals surface area contributed by atoms with Crippen LogP contribution in [0.2, 0.25) is 0 Å². The summed E-state index contributed by atoms with van der Waals surface area (Å²) in [7, 11) is 0. The van der Waals surface area contributed by atoms with E-state index in [-0.39, 0.29) is 42.4 Å². The number of hydrogen-bond acceptors (Lipinski definition) is 6. The molecule has 10 heteroatoms. The maximum atomic E-state index is 13.8. The average Bonchev–Trinajstić information content (AvgIpc) is 3.25. The number of anilines is 2. The molecule has 1 saturated carbocycles. The summed E-state index contributed by atoms with van der Waals surface area (Å²) in [6.45, 7) is 7.28. The van der Waals surface area contributed by atoms with Crippen LogP contribution in [-0.2, 0) is 20.9 Å². The van der Waals surface area contributed by atoms with E-state index in [2.05, 4.69) is 22.7 Å². The largest absolute Gasteiger partial charge is 0.461 e. The number of nitrogens with zero attached hydrogens (tertiary/aromatic N) is 3. The van der Waals surface area contributed by atoms with Gasteiger partial charge in [-0.25, -0.2) is 4.79 Å². The molecule has 2 aliphatic rings. The zero-order valence-corrected chi connectivity index (χ0v) is 21.2. The zero-order valence-electron chi connectivity index (χ0n) is 21.2. The van der Waals surface area contributed by atoms with Crippen LogP contribution < -0.4 is 15.5 Å². The third-order valence-corrected chi connectivity index (χ3v) is 6.92. The van der Waals surface area contributed by atoms with Crippen LogP contribution in [0.1, 0.15) is 74.4 Å². The Morgan fingerprint density at radius 3 is 2.42 bits per heavy atom. The Morgan fingerprint density at radius 1 is 1.14 bits per heavy atom. The van der Waals surface area contributed by atoms with Gasteiger partial charge in [-0.05, 0) is 69.7 Å². The van der Waals surface area contributed by atoms with E-state index in [0.29, 0.717) is 17.3 Å². The standard InChI is InChI=1S/C26H33N5O5/c1-5-36-24(34)21-14-22-23(33)31(20-12-10-18(11-13-20)27-17(3)32)26(4,15-30(22)29-21)25(35)28-19-8-6-16(2)7-9-19/h10-14,16,19H,5-9,15H2,1-4H3,(H,27,32)(H,28,35)/t16?,19?,26-/m0/s1. The third-order valence-electron chi connectivity index (χ3n) is 6.92. The van der Waals surface area contributed by atoms with Crippen LogP contribution in [0.3, 0.4) is 0 Å². The number of aromatic nitrogens is 2. The van der Waals surface area contributed by atoms with Crippen LogP contribution in [-0.4, -0.2) is 51.7 Å². The van der Waals surface area contributed by atoms with Crippen molar-refractivity contribution in [3.8, 4) is 0 Å². The second-order valence-corrected chi connectivity index (χ2v) is 9.87. The number of rotatable bonds is 6. The molecule has 192 valence electrons. The highest BCUT2D eigenvalue weighted by molar-refractivity contribution is 6.12. The van der Waals surface area contributed by atoms with Gasteiger partial charge in [0.25, 0.3) is 5.91 Å². The van der Waals surface area contributed by atoms with Crippen molar-refractivity contribution >= 4 is 35.1 Å². The van der Waals surface area contributed by atoms with Crippen molar-refractivity contribution in [3.05, 3.63) is 41.7 Å². The Labute approximate surface area is 210 Å². The Kier molecular flexibility index (Phi) is 7.14. The van der Waals surface area contributed by atoms with Crippen molar-refractivity contribution in [3.63, 3.8) is 0 Å². The lowest BCUT2D eigenvalue weighted by Crippen LogP contribution is -2.65. The van der Waals surface area contributed by atoms with Crippen molar-refractivity contribution in [1.29, 1.82) is 0 Å². The number of carbonyl (C=O) groups is 4. The highest BCUT2D eigenvalue weighted by Gasteiger charge is 2.49. The minimum Gasteiger partial charge on any atom is -0.461 e. The normalized spacial score (nSPS) is 23.6. The molecule has 2 aromatic rings. The molecule has 0 radical (unpaired) electrons. The summed E-state index contributed by atoms with van der Waals surface area (Å²) in [6, 6.07) is 8.18. The number of benzene rings is 1. The van der Waals surface area contributed by atoms with Crippen LogP contribution in [0.5, 0.6) is 0 Å². The second-order valence-electron chi connectivity index (χ2n) is 9.87. The summed E-state index contributed by atoms with van der Waals surface area (Å²) in [4.78, 5) is 52.7. The van der Waals surface area contributed by atoms with Gasteiger partial charge in [0, 0.05) is 30.4 Å². The molecule has 2 N–H and O–H groups in total. The van der Waals surface area contributed by atoms with Gasteiger partial charge < -0.3 is 15.4 Å². The maximum absolute atomic E-state index is 13.8. The molecular weight excluding hydrogens is 462 g/mol. The van der Waals surface area contributed by atoms with Crippen molar-refractivity contribution in [1.82, 2.24) is 15.1 Å². The number of ether oxygens (including phenoxy) is 1. The molecule has 3 amide bonds. The Morgan fingerprint density at radius 2 is 1.81 bits per heavy atom. The predicted octanol–water partition coefficient (Wildman–Crippen LogP) is 3.13. The number of esters is 1. The minimum atomic E-state index is -1.30. The average molecular weight is 496 g/mol. The molecule has 2 heterocycles. The molecule has 1 aliphatic carbocycles. The van der Waals surface area contributed by atoms with E-state index in [1.54, 1.807) is 38.1 Å². The molecule has 4 rings (SSSR count). The first-order valence-corrected chi connectivity index (χ1v) is 12.4. The molecule has 10 nitrogen and oxygen atoms in total. The lowest BCUT2D eigenvalue weighted by Gasteiger charge is -2.44. The van der Waals surface area contributed by atoms with Crippen LogP contribution in [0.15, 0.2) is 30.3 Å². The topological polar surface area (TPSA) is 123 Å². The van der Waals surface area contributed by atoms with E-state index in [4.69, 9.17) is 4.74 Å². The zero-order chi connectivity index (χ0) is 26.0. The minimum absolute atomic E-state index is 0.0204. The number of nitrogens with one attached hydrogen (secondary N) is 2. The number of carbonyl (C=O) groups excluding carboxylic acids is 4. The van der Waals surface area contributed by atoms with Crippen molar-refractivity contribution in [2.45, 2.75) is 71.5 Å². The van der Waals surface area contributed by atoms with Gasteiger partial charge in [-0.1, -0.05) is 6.92 Å². The first-order valence-electron chi connectivity index (χ1n) is 12.4. The summed E-state index contributed by atoms with van der Waals surface area (Å²) in [5, 5.41) is 10.2. The van der Waals surface area contributed by atoms with Crippen LogP contribution in [0.25, 0.3) is 0 Å². The number of fused-ring (bicyclic) bond motifs is 1. The van der Waals surface area contributed by atoms with Gasteiger partial charge in [-0.2, -0.15) is 5.10 Å². The monoisotopic (exact) mass is 495 g/mol. The maximum Gasteiger partial charge on any atom is 0.358 e. The van der Waals surface area contributed by atoms with E-state index in [1.807, 2.05) is 0 Å². The molecular formula is C26H33N5O5. The summed E-state index contributed by atoms with van der Waals surface area (Å²) < 4.78 is 6.47. The fourth-order valence-electron chi connectivity index (χ4n) is 4.93. The summed E-state index contributed by atoms with van der Waals surface area (Å²) in [5.41, 5.74) is -0.0181. The first-order chi connectivity index (χ1) is 17.1. The van der Waals surface area contributed by atoms with Gasteiger partial charge in [0.15, 0.2) is 5.69 Å². The molecule has 1 atom stereocenters. The quantitative estimate of drug-likeness (QED) is 0.594. The van der Waals surface area contributed by atoms with Crippen LogP contribution >= 0.6 is 0 Å². The highest BCUT2D eigenvalue weighted by Crippen LogP contribution is 2.34. The van der Waals surface area contributed by atoms with E-state index in [9.17, 15) is 19.2 Å². The van der Waals surface area contributed by atoms with Gasteiger partial charge in [-0.15, -0.1) is 0 Å². The van der Waals surface area contributed by atoms with E-state index in [0.717, 1.165) is 25.7 Å². The number of amides is 3. The van der Waals surface area contributed by atoms with Crippen LogP contribution in [0.4, 0.5) is 11.4 Å². The molecule has 1 aromatic carbocycles. The van der Waals surface area contributed by atoms with E-state index >= 15 is 0 Å². The fourth-order valence-corrected chi connectivity index (χ4v) is 4.93. The van der Waals surface area contributed by atoms with Gasteiger partial charge in [0.2, 0.25) is 11.8 Å².